The third kappa shape index (κ3) is 3.71. The summed E-state index contributed by atoms with van der Waals surface area (Å²) < 4.78 is 15.8. The van der Waals surface area contributed by atoms with E-state index in [2.05, 4.69) is 5.32 Å². The Morgan fingerprint density at radius 3 is 2.63 bits per heavy atom. The van der Waals surface area contributed by atoms with Gasteiger partial charge in [-0.2, -0.15) is 0 Å². The number of aryl methyl sites for hydroxylation is 1. The second kappa shape index (κ2) is 7.48. The van der Waals surface area contributed by atoms with Crippen LogP contribution in [0.1, 0.15) is 38.8 Å². The van der Waals surface area contributed by atoms with Crippen LogP contribution in [-0.4, -0.2) is 21.5 Å². The molecule has 142 valence electrons. The van der Waals surface area contributed by atoms with E-state index in [-0.39, 0.29) is 17.8 Å². The van der Waals surface area contributed by atoms with Gasteiger partial charge < -0.3 is 15.6 Å². The lowest BCUT2D eigenvalue weighted by Gasteiger charge is -2.15. The Morgan fingerprint density at radius 2 is 2.00 bits per heavy atom. The molecule has 6 heteroatoms. The van der Waals surface area contributed by atoms with Gasteiger partial charge in [0.2, 0.25) is 5.91 Å². The quantitative estimate of drug-likeness (QED) is 0.701. The Kier molecular flexibility index (Phi) is 5.28. The van der Waals surface area contributed by atoms with E-state index < -0.39 is 6.04 Å². The number of nitrogens with two attached hydrogens (primary N) is 1. The molecule has 3 N–H and O–H groups in total. The number of carbonyl (C=O) groups excluding carboxylic acids is 1. The minimum absolute atomic E-state index is 0.119. The maximum Gasteiger partial charge on any atom is 0.241 e. The van der Waals surface area contributed by atoms with Crippen LogP contribution in [0, 0.1) is 12.7 Å². The molecular formula is C21H25FN4O. The van der Waals surface area contributed by atoms with Crippen LogP contribution in [-0.2, 0) is 4.79 Å². The highest BCUT2D eigenvalue weighted by Crippen LogP contribution is 2.31. The van der Waals surface area contributed by atoms with Crippen LogP contribution >= 0.6 is 0 Å². The molecule has 2 aromatic carbocycles. The lowest BCUT2D eigenvalue weighted by molar-refractivity contribution is -0.117. The fourth-order valence-electron chi connectivity index (χ4n) is 3.15. The zero-order chi connectivity index (χ0) is 19.7. The van der Waals surface area contributed by atoms with Gasteiger partial charge >= 0.3 is 0 Å². The Bertz CT molecular complexity index is 993. The van der Waals surface area contributed by atoms with E-state index in [1.807, 2.05) is 50.5 Å². The maximum atomic E-state index is 13.7. The number of amides is 1. The van der Waals surface area contributed by atoms with Gasteiger partial charge in [-0.3, -0.25) is 4.79 Å². The molecule has 0 aliphatic heterocycles. The van der Waals surface area contributed by atoms with Crippen LogP contribution in [0.25, 0.3) is 22.4 Å². The SMILES string of the molecule is CC[C@H](N)C(=O)Nc1ccc(-c2nc3ccc(F)cc3n2C(C)C)cc1C. The van der Waals surface area contributed by atoms with E-state index in [9.17, 15) is 9.18 Å². The van der Waals surface area contributed by atoms with E-state index in [1.165, 1.54) is 12.1 Å². The van der Waals surface area contributed by atoms with E-state index in [0.717, 1.165) is 33.7 Å². The number of anilines is 1. The molecule has 1 atom stereocenters. The zero-order valence-electron chi connectivity index (χ0n) is 16.1. The van der Waals surface area contributed by atoms with E-state index in [0.29, 0.717) is 6.42 Å². The highest BCUT2D eigenvalue weighted by molar-refractivity contribution is 5.95. The first-order chi connectivity index (χ1) is 12.8. The summed E-state index contributed by atoms with van der Waals surface area (Å²) in [5, 5.41) is 2.87. The van der Waals surface area contributed by atoms with Gasteiger partial charge in [-0.1, -0.05) is 6.92 Å². The van der Waals surface area contributed by atoms with Gasteiger partial charge in [-0.25, -0.2) is 9.37 Å². The Morgan fingerprint density at radius 1 is 1.26 bits per heavy atom. The second-order valence-electron chi connectivity index (χ2n) is 7.07. The van der Waals surface area contributed by atoms with Crippen molar-refractivity contribution in [2.24, 2.45) is 5.73 Å². The molecule has 3 rings (SSSR count). The Balaban J connectivity index is 2.03. The fraction of sp³-hybridized carbons (Fsp3) is 0.333. The highest BCUT2D eigenvalue weighted by atomic mass is 19.1. The van der Waals surface area contributed by atoms with Crippen molar-refractivity contribution in [3.05, 3.63) is 47.8 Å². The number of rotatable bonds is 5. The van der Waals surface area contributed by atoms with Gasteiger partial charge in [0.1, 0.15) is 11.6 Å². The minimum atomic E-state index is -0.524. The minimum Gasteiger partial charge on any atom is -0.324 e. The molecule has 27 heavy (non-hydrogen) atoms. The molecular weight excluding hydrogens is 343 g/mol. The smallest absolute Gasteiger partial charge is 0.241 e. The van der Waals surface area contributed by atoms with E-state index in [1.54, 1.807) is 6.07 Å². The van der Waals surface area contributed by atoms with Crippen LogP contribution in [0.5, 0.6) is 0 Å². The number of fused-ring (bicyclic) bond motifs is 1. The molecule has 1 aromatic heterocycles. The number of nitrogens with zero attached hydrogens (tertiary/aromatic N) is 2. The number of nitrogens with one attached hydrogen (secondary N) is 1. The summed E-state index contributed by atoms with van der Waals surface area (Å²) in [5.41, 5.74) is 9.86. The van der Waals surface area contributed by atoms with Gasteiger partial charge in [-0.15, -0.1) is 0 Å². The number of hydrogen-bond donors (Lipinski definition) is 2. The van der Waals surface area contributed by atoms with Crippen molar-refractivity contribution in [2.45, 2.75) is 46.2 Å². The average molecular weight is 368 g/mol. The van der Waals surface area contributed by atoms with Crippen LogP contribution < -0.4 is 11.1 Å². The molecule has 0 unspecified atom stereocenters. The molecule has 1 amide bonds. The number of halogens is 1. The summed E-state index contributed by atoms with van der Waals surface area (Å²) in [6.45, 7) is 7.89. The molecule has 1 heterocycles. The van der Waals surface area contributed by atoms with Crippen molar-refractivity contribution in [1.29, 1.82) is 0 Å². The lowest BCUT2D eigenvalue weighted by atomic mass is 10.1. The first kappa shape index (κ1) is 19.0. The van der Waals surface area contributed by atoms with Crippen LogP contribution in [0.4, 0.5) is 10.1 Å². The molecule has 0 bridgehead atoms. The highest BCUT2D eigenvalue weighted by Gasteiger charge is 2.17. The summed E-state index contributed by atoms with van der Waals surface area (Å²) >= 11 is 0. The number of hydrogen-bond acceptors (Lipinski definition) is 3. The standard InChI is InChI=1S/C21H25FN4O/c1-5-16(23)21(27)25-17-8-6-14(10-13(17)4)20-24-18-9-7-15(22)11-19(18)26(20)12(2)3/h6-12,16H,5,23H2,1-4H3,(H,25,27)/t16-/m0/s1. The van der Waals surface area contributed by atoms with Crippen molar-refractivity contribution in [3.63, 3.8) is 0 Å². The van der Waals surface area contributed by atoms with Crippen molar-refractivity contribution < 1.29 is 9.18 Å². The summed E-state index contributed by atoms with van der Waals surface area (Å²) in [6, 6.07) is 9.97. The summed E-state index contributed by atoms with van der Waals surface area (Å²) in [4.78, 5) is 16.8. The van der Waals surface area contributed by atoms with Crippen molar-refractivity contribution in [2.75, 3.05) is 5.32 Å². The summed E-state index contributed by atoms with van der Waals surface area (Å²) in [5.74, 6) is 0.299. The molecule has 3 aromatic rings. The van der Waals surface area contributed by atoms with Crippen LogP contribution in [0.3, 0.4) is 0 Å². The number of benzene rings is 2. The Hall–Kier alpha value is -2.73. The molecule has 0 radical (unpaired) electrons. The van der Waals surface area contributed by atoms with Crippen molar-refractivity contribution in [1.82, 2.24) is 9.55 Å². The van der Waals surface area contributed by atoms with E-state index >= 15 is 0 Å². The monoisotopic (exact) mass is 368 g/mol. The predicted molar refractivity (Wildman–Crippen MR) is 107 cm³/mol. The third-order valence-corrected chi connectivity index (χ3v) is 4.69. The first-order valence-electron chi connectivity index (χ1n) is 9.16. The second-order valence-corrected chi connectivity index (χ2v) is 7.07. The maximum absolute atomic E-state index is 13.7. The molecule has 5 nitrogen and oxygen atoms in total. The normalized spacial score (nSPS) is 12.6. The topological polar surface area (TPSA) is 72.9 Å². The van der Waals surface area contributed by atoms with Gasteiger partial charge in [-0.05, 0) is 69.2 Å². The van der Waals surface area contributed by atoms with Crippen molar-refractivity contribution >= 4 is 22.6 Å². The molecule has 0 saturated heterocycles. The number of carbonyl (C=O) groups is 1. The molecule has 0 saturated carbocycles. The summed E-state index contributed by atoms with van der Waals surface area (Å²) in [6.07, 6.45) is 0.581. The Labute approximate surface area is 158 Å². The lowest BCUT2D eigenvalue weighted by Crippen LogP contribution is -2.34. The molecule has 0 aliphatic carbocycles. The molecule has 0 spiro atoms. The number of imidazole rings is 1. The van der Waals surface area contributed by atoms with Crippen LogP contribution in [0.15, 0.2) is 36.4 Å². The molecule has 0 fully saturated rings. The predicted octanol–water partition coefficient (Wildman–Crippen LogP) is 4.41. The van der Waals surface area contributed by atoms with Gasteiger partial charge in [0.15, 0.2) is 0 Å². The third-order valence-electron chi connectivity index (χ3n) is 4.69. The zero-order valence-corrected chi connectivity index (χ0v) is 16.1. The van der Waals surface area contributed by atoms with Gasteiger partial charge in [0, 0.05) is 17.3 Å². The first-order valence-corrected chi connectivity index (χ1v) is 9.16. The van der Waals surface area contributed by atoms with Gasteiger partial charge in [0.05, 0.1) is 17.1 Å². The van der Waals surface area contributed by atoms with Gasteiger partial charge in [0.25, 0.3) is 0 Å². The fourth-order valence-corrected chi connectivity index (χ4v) is 3.15. The van der Waals surface area contributed by atoms with E-state index in [4.69, 9.17) is 10.7 Å². The summed E-state index contributed by atoms with van der Waals surface area (Å²) in [7, 11) is 0. The molecule has 0 aliphatic rings. The average Bonchev–Trinajstić information content (AvgIpc) is 3.01. The van der Waals surface area contributed by atoms with Crippen LogP contribution in [0.2, 0.25) is 0 Å². The largest absolute Gasteiger partial charge is 0.324 e. The number of aromatic nitrogens is 2. The van der Waals surface area contributed by atoms with Crippen molar-refractivity contribution in [3.8, 4) is 11.4 Å².